The highest BCUT2D eigenvalue weighted by atomic mass is 16.5. The zero-order valence-electron chi connectivity index (χ0n) is 15.4. The van der Waals surface area contributed by atoms with E-state index in [1.54, 1.807) is 13.2 Å². The molecule has 0 saturated heterocycles. The minimum Gasteiger partial charge on any atom is -0.496 e. The average Bonchev–Trinajstić information content (AvgIpc) is 2.60. The number of aldehydes is 1. The maximum absolute atomic E-state index is 12.8. The number of rotatable bonds is 4. The van der Waals surface area contributed by atoms with E-state index >= 15 is 0 Å². The molecule has 0 amide bonds. The number of carbonyl (C=O) groups is 2. The molecule has 0 radical (unpaired) electrons. The lowest BCUT2D eigenvalue weighted by atomic mass is 9.82. The van der Waals surface area contributed by atoms with Crippen molar-refractivity contribution in [3.63, 3.8) is 0 Å². The second kappa shape index (κ2) is 7.03. The smallest absolute Gasteiger partial charge is 0.160 e. The lowest BCUT2D eigenvalue weighted by Crippen LogP contribution is -2.44. The van der Waals surface area contributed by atoms with Crippen LogP contribution in [0.15, 0.2) is 18.2 Å². The molecule has 1 saturated carbocycles. The molecule has 1 aliphatic carbocycles. The first kappa shape index (κ1) is 17.7. The number of ether oxygens (including phenoxy) is 1. The lowest BCUT2D eigenvalue weighted by molar-refractivity contribution is -0.119. The van der Waals surface area contributed by atoms with Crippen LogP contribution in [0.2, 0.25) is 0 Å². The van der Waals surface area contributed by atoms with Gasteiger partial charge in [0, 0.05) is 28.8 Å². The first-order valence-electron chi connectivity index (χ1n) is 9.14. The molecule has 1 fully saturated rings. The molecule has 2 aliphatic rings. The second-order valence-corrected chi connectivity index (χ2v) is 7.85. The van der Waals surface area contributed by atoms with Gasteiger partial charge < -0.3 is 10.1 Å². The highest BCUT2D eigenvalue weighted by molar-refractivity contribution is 5.99. The summed E-state index contributed by atoms with van der Waals surface area (Å²) in [7, 11) is 1.57. The topological polar surface area (TPSA) is 55.4 Å². The van der Waals surface area contributed by atoms with Crippen LogP contribution in [0.3, 0.4) is 0 Å². The lowest BCUT2D eigenvalue weighted by Gasteiger charge is -2.36. The molecule has 1 aliphatic heterocycles. The summed E-state index contributed by atoms with van der Waals surface area (Å²) >= 11 is 0. The Hall–Kier alpha value is -2.10. The molecule has 25 heavy (non-hydrogen) atoms. The third-order valence-electron chi connectivity index (χ3n) is 5.27. The van der Waals surface area contributed by atoms with Crippen molar-refractivity contribution in [1.29, 1.82) is 0 Å². The maximum Gasteiger partial charge on any atom is 0.160 e. The number of hydrogen-bond donors (Lipinski definition) is 1. The Kier molecular flexibility index (Phi) is 4.98. The molecule has 0 spiro atoms. The molecule has 134 valence electrons. The zero-order valence-corrected chi connectivity index (χ0v) is 15.4. The van der Waals surface area contributed by atoms with E-state index in [0.717, 1.165) is 55.2 Å². The van der Waals surface area contributed by atoms with Crippen LogP contribution >= 0.6 is 0 Å². The SMILES string of the molecule is COc1cc2c(cc1C=O)/C(=C/C(=O)C1CCCCC1)NC(C)(C)C2. The molecule has 4 heteroatoms. The minimum absolute atomic E-state index is 0.139. The van der Waals surface area contributed by atoms with Crippen LogP contribution in [0.25, 0.3) is 5.70 Å². The number of carbonyl (C=O) groups excluding carboxylic acids is 2. The molecule has 0 atom stereocenters. The monoisotopic (exact) mass is 341 g/mol. The van der Waals surface area contributed by atoms with Crippen LogP contribution in [-0.4, -0.2) is 24.7 Å². The molecule has 1 aromatic carbocycles. The van der Waals surface area contributed by atoms with Crippen molar-refractivity contribution in [3.8, 4) is 5.75 Å². The number of benzene rings is 1. The van der Waals surface area contributed by atoms with Gasteiger partial charge in [0.2, 0.25) is 0 Å². The normalized spacial score (nSPS) is 21.3. The van der Waals surface area contributed by atoms with Gasteiger partial charge in [0.15, 0.2) is 12.1 Å². The molecular weight excluding hydrogens is 314 g/mol. The first-order chi connectivity index (χ1) is 11.9. The second-order valence-electron chi connectivity index (χ2n) is 7.85. The summed E-state index contributed by atoms with van der Waals surface area (Å²) in [6.45, 7) is 4.24. The first-order valence-corrected chi connectivity index (χ1v) is 9.14. The summed E-state index contributed by atoms with van der Waals surface area (Å²) in [5.74, 6) is 0.930. The van der Waals surface area contributed by atoms with Gasteiger partial charge in [0.1, 0.15) is 5.75 Å². The van der Waals surface area contributed by atoms with Crippen LogP contribution in [0, 0.1) is 5.92 Å². The van der Waals surface area contributed by atoms with Crippen molar-refractivity contribution in [2.75, 3.05) is 7.11 Å². The fourth-order valence-electron chi connectivity index (χ4n) is 4.02. The van der Waals surface area contributed by atoms with Crippen molar-refractivity contribution < 1.29 is 14.3 Å². The molecule has 1 aromatic rings. The van der Waals surface area contributed by atoms with Gasteiger partial charge in [0.05, 0.1) is 12.7 Å². The Morgan fingerprint density at radius 1 is 1.24 bits per heavy atom. The summed E-state index contributed by atoms with van der Waals surface area (Å²) in [5, 5.41) is 3.49. The van der Waals surface area contributed by atoms with E-state index in [9.17, 15) is 9.59 Å². The van der Waals surface area contributed by atoms with Crippen molar-refractivity contribution in [1.82, 2.24) is 5.32 Å². The number of hydrogen-bond acceptors (Lipinski definition) is 4. The van der Waals surface area contributed by atoms with Gasteiger partial charge in [-0.15, -0.1) is 0 Å². The number of methoxy groups -OCH3 is 1. The van der Waals surface area contributed by atoms with Crippen molar-refractivity contribution >= 4 is 17.8 Å². The Bertz CT molecular complexity index is 712. The van der Waals surface area contributed by atoms with Gasteiger partial charge in [-0.3, -0.25) is 9.59 Å². The van der Waals surface area contributed by atoms with Gasteiger partial charge in [-0.05, 0) is 50.8 Å². The van der Waals surface area contributed by atoms with E-state index in [4.69, 9.17) is 4.74 Å². The summed E-state index contributed by atoms with van der Waals surface area (Å²) in [4.78, 5) is 24.1. The van der Waals surface area contributed by atoms with Gasteiger partial charge in [-0.1, -0.05) is 19.3 Å². The molecule has 0 bridgehead atoms. The Morgan fingerprint density at radius 3 is 2.60 bits per heavy atom. The molecule has 0 aromatic heterocycles. The van der Waals surface area contributed by atoms with Gasteiger partial charge in [0.25, 0.3) is 0 Å². The Balaban J connectivity index is 2.01. The number of allylic oxidation sites excluding steroid dienone is 1. The van der Waals surface area contributed by atoms with E-state index in [1.165, 1.54) is 6.42 Å². The highest BCUT2D eigenvalue weighted by Gasteiger charge is 2.30. The number of nitrogens with one attached hydrogen (secondary N) is 1. The van der Waals surface area contributed by atoms with Gasteiger partial charge in [-0.2, -0.15) is 0 Å². The molecule has 1 heterocycles. The van der Waals surface area contributed by atoms with E-state index in [0.29, 0.717) is 11.3 Å². The zero-order chi connectivity index (χ0) is 18.0. The quantitative estimate of drug-likeness (QED) is 0.666. The summed E-state index contributed by atoms with van der Waals surface area (Å²) in [5.41, 5.74) is 3.23. The summed E-state index contributed by atoms with van der Waals surface area (Å²) in [6.07, 6.45) is 8.87. The van der Waals surface area contributed by atoms with Crippen LogP contribution in [0.5, 0.6) is 5.75 Å². The molecule has 4 nitrogen and oxygen atoms in total. The number of fused-ring (bicyclic) bond motifs is 1. The molecule has 1 N–H and O–H groups in total. The Morgan fingerprint density at radius 2 is 1.96 bits per heavy atom. The van der Waals surface area contributed by atoms with Crippen LogP contribution < -0.4 is 10.1 Å². The molecular formula is C21H27NO3. The van der Waals surface area contributed by atoms with E-state index < -0.39 is 0 Å². The highest BCUT2D eigenvalue weighted by Crippen LogP contribution is 2.35. The maximum atomic E-state index is 12.8. The van der Waals surface area contributed by atoms with Crippen molar-refractivity contribution in [3.05, 3.63) is 34.9 Å². The average molecular weight is 341 g/mol. The standard InChI is InChI=1S/C21H27NO3/c1-21(2)12-15-10-20(25-3)16(13-23)9-17(15)18(22-21)11-19(24)14-7-5-4-6-8-14/h9-11,13-14,22H,4-8,12H2,1-3H3/b18-11-. The predicted octanol–water partition coefficient (Wildman–Crippen LogP) is 3.92. The number of ketones is 1. The van der Waals surface area contributed by atoms with E-state index in [-0.39, 0.29) is 17.2 Å². The van der Waals surface area contributed by atoms with Crippen molar-refractivity contribution in [2.24, 2.45) is 5.92 Å². The predicted molar refractivity (Wildman–Crippen MR) is 98.9 cm³/mol. The third kappa shape index (κ3) is 3.78. The van der Waals surface area contributed by atoms with E-state index in [1.807, 2.05) is 12.1 Å². The molecule has 3 rings (SSSR count). The van der Waals surface area contributed by atoms with Crippen molar-refractivity contribution in [2.45, 2.75) is 57.9 Å². The minimum atomic E-state index is -0.153. The Labute approximate surface area is 149 Å². The third-order valence-corrected chi connectivity index (χ3v) is 5.27. The fraction of sp³-hybridized carbons (Fsp3) is 0.524. The summed E-state index contributed by atoms with van der Waals surface area (Å²) in [6, 6.07) is 3.77. The van der Waals surface area contributed by atoms with E-state index in [2.05, 4.69) is 19.2 Å². The fourth-order valence-corrected chi connectivity index (χ4v) is 4.02. The largest absolute Gasteiger partial charge is 0.496 e. The summed E-state index contributed by atoms with van der Waals surface area (Å²) < 4.78 is 5.34. The van der Waals surface area contributed by atoms with Crippen LogP contribution in [0.4, 0.5) is 0 Å². The molecule has 0 unspecified atom stereocenters. The van der Waals surface area contributed by atoms with Crippen LogP contribution in [-0.2, 0) is 11.2 Å². The van der Waals surface area contributed by atoms with Gasteiger partial charge >= 0.3 is 0 Å². The van der Waals surface area contributed by atoms with Gasteiger partial charge in [-0.25, -0.2) is 0 Å². The van der Waals surface area contributed by atoms with Crippen LogP contribution in [0.1, 0.15) is 67.4 Å².